The molecule has 1 amide bonds. The average Bonchev–Trinajstić information content (AvgIpc) is 2.89. The molecule has 0 bridgehead atoms. The highest BCUT2D eigenvalue weighted by Crippen LogP contribution is 2.29. The third-order valence-corrected chi connectivity index (χ3v) is 6.27. The van der Waals surface area contributed by atoms with Gasteiger partial charge in [-0.3, -0.25) is 9.69 Å². The Morgan fingerprint density at radius 1 is 0.853 bits per heavy atom. The summed E-state index contributed by atoms with van der Waals surface area (Å²) >= 11 is 0. The number of nitriles is 1. The van der Waals surface area contributed by atoms with Gasteiger partial charge in [0.1, 0.15) is 11.6 Å². The minimum Gasteiger partial charge on any atom is -0.378 e. The first-order chi connectivity index (χ1) is 16.6. The fraction of sp³-hybridized carbons (Fsp3) is 0.241. The number of piperazine rings is 1. The lowest BCUT2D eigenvalue weighted by molar-refractivity contribution is -0.128. The van der Waals surface area contributed by atoms with Gasteiger partial charge in [0.05, 0.1) is 6.04 Å². The summed E-state index contributed by atoms with van der Waals surface area (Å²) in [5, 5.41) is 9.68. The largest absolute Gasteiger partial charge is 0.378 e. The SMILES string of the molecule is CN(C)c1ccc(/C=C(\C#N)C(=O)N2CCN(C(c3ccccc3)c3ccccc3)CC2)cc1. The Bertz CT molecular complexity index is 1120. The highest BCUT2D eigenvalue weighted by molar-refractivity contribution is 6.01. The van der Waals surface area contributed by atoms with Gasteiger partial charge in [-0.25, -0.2) is 0 Å². The summed E-state index contributed by atoms with van der Waals surface area (Å²) in [6.07, 6.45) is 1.69. The number of anilines is 1. The van der Waals surface area contributed by atoms with Crippen molar-refractivity contribution in [2.45, 2.75) is 6.04 Å². The highest BCUT2D eigenvalue weighted by Gasteiger charge is 2.29. The molecule has 0 unspecified atom stereocenters. The molecule has 1 aliphatic heterocycles. The van der Waals surface area contributed by atoms with Crippen LogP contribution < -0.4 is 4.90 Å². The normalized spacial score (nSPS) is 14.6. The Morgan fingerprint density at radius 3 is 1.85 bits per heavy atom. The summed E-state index contributed by atoms with van der Waals surface area (Å²) in [4.78, 5) is 19.4. The number of rotatable bonds is 6. The molecular formula is C29H30N4O. The van der Waals surface area contributed by atoms with Gasteiger partial charge < -0.3 is 9.80 Å². The second-order valence-corrected chi connectivity index (χ2v) is 8.71. The van der Waals surface area contributed by atoms with E-state index in [1.807, 2.05) is 55.4 Å². The second kappa shape index (κ2) is 10.8. The van der Waals surface area contributed by atoms with Crippen LogP contribution in [0.5, 0.6) is 0 Å². The molecule has 0 aliphatic carbocycles. The molecule has 3 aromatic rings. The number of benzene rings is 3. The van der Waals surface area contributed by atoms with Gasteiger partial charge in [-0.2, -0.15) is 5.26 Å². The first kappa shape index (κ1) is 23.3. The fourth-order valence-electron chi connectivity index (χ4n) is 4.42. The van der Waals surface area contributed by atoms with Crippen molar-refractivity contribution >= 4 is 17.7 Å². The summed E-state index contributed by atoms with van der Waals surface area (Å²) in [7, 11) is 3.96. The second-order valence-electron chi connectivity index (χ2n) is 8.71. The van der Waals surface area contributed by atoms with Crippen molar-refractivity contribution in [1.82, 2.24) is 9.80 Å². The Balaban J connectivity index is 1.47. The number of carbonyl (C=O) groups is 1. The lowest BCUT2D eigenvalue weighted by atomic mass is 9.96. The van der Waals surface area contributed by atoms with Gasteiger partial charge in [-0.15, -0.1) is 0 Å². The molecular weight excluding hydrogens is 420 g/mol. The van der Waals surface area contributed by atoms with Gasteiger partial charge in [0.25, 0.3) is 5.91 Å². The van der Waals surface area contributed by atoms with Crippen LogP contribution in [-0.2, 0) is 4.79 Å². The molecule has 5 nitrogen and oxygen atoms in total. The minimum atomic E-state index is -0.199. The van der Waals surface area contributed by atoms with E-state index in [-0.39, 0.29) is 17.5 Å². The zero-order valence-corrected chi connectivity index (χ0v) is 19.8. The third kappa shape index (κ3) is 5.36. The third-order valence-electron chi connectivity index (χ3n) is 6.27. The fourth-order valence-corrected chi connectivity index (χ4v) is 4.42. The van der Waals surface area contributed by atoms with Crippen LogP contribution in [0.4, 0.5) is 5.69 Å². The van der Waals surface area contributed by atoms with Crippen molar-refractivity contribution in [3.8, 4) is 6.07 Å². The van der Waals surface area contributed by atoms with E-state index in [1.165, 1.54) is 11.1 Å². The zero-order chi connectivity index (χ0) is 23.9. The van der Waals surface area contributed by atoms with Crippen molar-refractivity contribution in [2.24, 2.45) is 0 Å². The molecule has 0 saturated carbocycles. The van der Waals surface area contributed by atoms with E-state index in [1.54, 1.807) is 11.0 Å². The van der Waals surface area contributed by atoms with Crippen LogP contribution in [0.3, 0.4) is 0 Å². The lowest BCUT2D eigenvalue weighted by Crippen LogP contribution is -2.50. The maximum Gasteiger partial charge on any atom is 0.264 e. The number of carbonyl (C=O) groups excluding carboxylic acids is 1. The lowest BCUT2D eigenvalue weighted by Gasteiger charge is -2.39. The van der Waals surface area contributed by atoms with Crippen molar-refractivity contribution in [2.75, 3.05) is 45.2 Å². The molecule has 1 saturated heterocycles. The van der Waals surface area contributed by atoms with Crippen LogP contribution in [-0.4, -0.2) is 56.0 Å². The summed E-state index contributed by atoms with van der Waals surface area (Å²) in [6, 6.07) is 31.1. The quantitative estimate of drug-likeness (QED) is 0.407. The highest BCUT2D eigenvalue weighted by atomic mass is 16.2. The van der Waals surface area contributed by atoms with Gasteiger partial charge in [0, 0.05) is 46.0 Å². The molecule has 0 aromatic heterocycles. The maximum absolute atomic E-state index is 13.1. The first-order valence-electron chi connectivity index (χ1n) is 11.6. The van der Waals surface area contributed by atoms with Crippen LogP contribution in [0.2, 0.25) is 0 Å². The van der Waals surface area contributed by atoms with Gasteiger partial charge in [-0.1, -0.05) is 72.8 Å². The van der Waals surface area contributed by atoms with Crippen molar-refractivity contribution in [3.05, 3.63) is 107 Å². The van der Waals surface area contributed by atoms with E-state index in [9.17, 15) is 10.1 Å². The maximum atomic E-state index is 13.1. The molecule has 1 aliphatic rings. The van der Waals surface area contributed by atoms with E-state index in [0.29, 0.717) is 13.1 Å². The van der Waals surface area contributed by atoms with Gasteiger partial charge >= 0.3 is 0 Å². The molecule has 4 rings (SSSR count). The Kier molecular flexibility index (Phi) is 7.41. The molecule has 172 valence electrons. The van der Waals surface area contributed by atoms with E-state index >= 15 is 0 Å². The number of nitrogens with zero attached hydrogens (tertiary/aromatic N) is 4. The zero-order valence-electron chi connectivity index (χ0n) is 19.8. The summed E-state index contributed by atoms with van der Waals surface area (Å²) in [5.41, 5.74) is 4.58. The molecule has 0 spiro atoms. The van der Waals surface area contributed by atoms with E-state index in [0.717, 1.165) is 24.3 Å². The average molecular weight is 451 g/mol. The Labute approximate surface area is 202 Å². The summed E-state index contributed by atoms with van der Waals surface area (Å²) < 4.78 is 0. The molecule has 5 heteroatoms. The van der Waals surface area contributed by atoms with Crippen molar-refractivity contribution in [3.63, 3.8) is 0 Å². The summed E-state index contributed by atoms with van der Waals surface area (Å²) in [6.45, 7) is 2.67. The van der Waals surface area contributed by atoms with Gasteiger partial charge in [0.15, 0.2) is 0 Å². The van der Waals surface area contributed by atoms with Crippen molar-refractivity contribution in [1.29, 1.82) is 5.26 Å². The first-order valence-corrected chi connectivity index (χ1v) is 11.6. The standard InChI is InChI=1S/C29H30N4O/c1-31(2)27-15-13-23(14-16-27)21-26(22-30)29(34)33-19-17-32(18-20-33)28(24-9-5-3-6-10-24)25-11-7-4-8-12-25/h3-16,21,28H,17-20H2,1-2H3/b26-21+. The molecule has 0 atom stereocenters. The predicted octanol–water partition coefficient (Wildman–Crippen LogP) is 4.59. The number of hydrogen-bond acceptors (Lipinski definition) is 4. The van der Waals surface area contributed by atoms with Crippen molar-refractivity contribution < 1.29 is 4.79 Å². The van der Waals surface area contributed by atoms with E-state index in [4.69, 9.17) is 0 Å². The molecule has 34 heavy (non-hydrogen) atoms. The Morgan fingerprint density at radius 2 is 1.38 bits per heavy atom. The molecule has 0 radical (unpaired) electrons. The smallest absolute Gasteiger partial charge is 0.264 e. The van der Waals surface area contributed by atoms with Crippen LogP contribution in [0.25, 0.3) is 6.08 Å². The molecule has 1 fully saturated rings. The minimum absolute atomic E-state index is 0.140. The van der Waals surface area contributed by atoms with Crippen LogP contribution >= 0.6 is 0 Å². The van der Waals surface area contributed by atoms with E-state index in [2.05, 4.69) is 59.5 Å². The van der Waals surface area contributed by atoms with Crippen LogP contribution in [0.1, 0.15) is 22.7 Å². The predicted molar refractivity (Wildman–Crippen MR) is 137 cm³/mol. The molecule has 3 aromatic carbocycles. The topological polar surface area (TPSA) is 50.6 Å². The van der Waals surface area contributed by atoms with Crippen LogP contribution in [0.15, 0.2) is 90.5 Å². The monoisotopic (exact) mass is 450 g/mol. The molecule has 1 heterocycles. The summed E-state index contributed by atoms with van der Waals surface area (Å²) in [5.74, 6) is -0.199. The number of hydrogen-bond donors (Lipinski definition) is 0. The van der Waals surface area contributed by atoms with Gasteiger partial charge in [0.2, 0.25) is 0 Å². The van der Waals surface area contributed by atoms with E-state index < -0.39 is 0 Å². The Hall–Kier alpha value is -3.88. The molecule has 0 N–H and O–H groups in total. The van der Waals surface area contributed by atoms with Gasteiger partial charge in [-0.05, 0) is 34.9 Å². The number of amides is 1. The van der Waals surface area contributed by atoms with Crippen LogP contribution in [0, 0.1) is 11.3 Å².